The van der Waals surface area contributed by atoms with Gasteiger partial charge in [0.05, 0.1) is 4.88 Å². The Bertz CT molecular complexity index is 485. The van der Waals surface area contributed by atoms with Crippen LogP contribution >= 0.6 is 22.7 Å². The first-order valence-corrected chi connectivity index (χ1v) is 7.52. The maximum absolute atomic E-state index is 12.4. The summed E-state index contributed by atoms with van der Waals surface area (Å²) in [4.78, 5) is 15.2. The number of amides is 1. The van der Waals surface area contributed by atoms with Crippen molar-refractivity contribution in [1.82, 2.24) is 4.90 Å². The number of carbonyl (C=O) groups excluding carboxylic acids is 1. The molecule has 17 heavy (non-hydrogen) atoms. The first kappa shape index (κ1) is 11.0. The lowest BCUT2D eigenvalue weighted by molar-refractivity contribution is 0.0735. The Morgan fingerprint density at radius 1 is 1.35 bits per heavy atom. The van der Waals surface area contributed by atoms with Crippen molar-refractivity contribution in [3.8, 4) is 0 Å². The second-order valence-electron chi connectivity index (χ2n) is 4.27. The highest BCUT2D eigenvalue weighted by Crippen LogP contribution is 2.30. The standard InChI is InChI=1S/C13H13NOS2/c15-13(12-2-1-6-17-12)14(11-3-4-11)8-10-5-7-16-9-10/h1-2,5-7,9,11H,3-4,8H2. The van der Waals surface area contributed by atoms with Gasteiger partial charge in [0, 0.05) is 12.6 Å². The summed E-state index contributed by atoms with van der Waals surface area (Å²) in [6.45, 7) is 0.755. The van der Waals surface area contributed by atoms with Gasteiger partial charge in [-0.2, -0.15) is 11.3 Å². The van der Waals surface area contributed by atoms with Crippen LogP contribution in [0.15, 0.2) is 34.3 Å². The maximum atomic E-state index is 12.4. The van der Waals surface area contributed by atoms with Crippen molar-refractivity contribution < 1.29 is 4.79 Å². The lowest BCUT2D eigenvalue weighted by Crippen LogP contribution is -2.31. The van der Waals surface area contributed by atoms with Gasteiger partial charge in [0.2, 0.25) is 0 Å². The van der Waals surface area contributed by atoms with Crippen LogP contribution in [0, 0.1) is 0 Å². The summed E-state index contributed by atoms with van der Waals surface area (Å²) in [5, 5.41) is 6.15. The Hall–Kier alpha value is -1.13. The summed E-state index contributed by atoms with van der Waals surface area (Å²) in [5.74, 6) is 0.189. The molecule has 0 spiro atoms. The highest BCUT2D eigenvalue weighted by Gasteiger charge is 2.33. The number of nitrogens with zero attached hydrogens (tertiary/aromatic N) is 1. The molecule has 0 atom stereocenters. The molecule has 0 radical (unpaired) electrons. The summed E-state index contributed by atoms with van der Waals surface area (Å²) >= 11 is 3.22. The topological polar surface area (TPSA) is 20.3 Å². The first-order chi connectivity index (χ1) is 8.34. The second kappa shape index (κ2) is 4.63. The van der Waals surface area contributed by atoms with Gasteiger partial charge in [0.15, 0.2) is 0 Å². The SMILES string of the molecule is O=C(c1cccs1)N(Cc1ccsc1)C1CC1. The van der Waals surface area contributed by atoms with Crippen LogP contribution in [0.1, 0.15) is 28.1 Å². The molecule has 0 bridgehead atoms. The molecule has 1 saturated carbocycles. The van der Waals surface area contributed by atoms with E-state index < -0.39 is 0 Å². The first-order valence-electron chi connectivity index (χ1n) is 5.70. The second-order valence-corrected chi connectivity index (χ2v) is 6.00. The van der Waals surface area contributed by atoms with E-state index in [1.165, 1.54) is 16.9 Å². The van der Waals surface area contributed by atoms with Gasteiger partial charge in [-0.05, 0) is 46.7 Å². The van der Waals surface area contributed by atoms with Crippen LogP contribution in [0.25, 0.3) is 0 Å². The van der Waals surface area contributed by atoms with E-state index in [9.17, 15) is 4.79 Å². The van der Waals surface area contributed by atoms with Gasteiger partial charge in [-0.25, -0.2) is 0 Å². The minimum Gasteiger partial charge on any atom is -0.331 e. The van der Waals surface area contributed by atoms with E-state index in [2.05, 4.69) is 16.8 Å². The van der Waals surface area contributed by atoms with Crippen molar-refractivity contribution >= 4 is 28.6 Å². The Kier molecular flexibility index (Phi) is 2.99. The van der Waals surface area contributed by atoms with Gasteiger partial charge in [-0.3, -0.25) is 4.79 Å². The summed E-state index contributed by atoms with van der Waals surface area (Å²) in [6, 6.07) is 6.41. The van der Waals surface area contributed by atoms with Crippen LogP contribution in [0.5, 0.6) is 0 Å². The third-order valence-electron chi connectivity index (χ3n) is 2.91. The molecular formula is C13H13NOS2. The molecule has 0 saturated heterocycles. The van der Waals surface area contributed by atoms with E-state index in [1.807, 2.05) is 22.4 Å². The number of rotatable bonds is 4. The number of hydrogen-bond acceptors (Lipinski definition) is 3. The molecule has 4 heteroatoms. The summed E-state index contributed by atoms with van der Waals surface area (Å²) in [7, 11) is 0. The minimum absolute atomic E-state index is 0.189. The van der Waals surface area contributed by atoms with Gasteiger partial charge >= 0.3 is 0 Å². The predicted molar refractivity (Wildman–Crippen MR) is 71.5 cm³/mol. The van der Waals surface area contributed by atoms with Crippen molar-refractivity contribution in [2.45, 2.75) is 25.4 Å². The van der Waals surface area contributed by atoms with Crippen LogP contribution in [-0.2, 0) is 6.54 Å². The average molecular weight is 263 g/mol. The minimum atomic E-state index is 0.189. The number of thiophene rings is 2. The smallest absolute Gasteiger partial charge is 0.264 e. The van der Waals surface area contributed by atoms with Crippen molar-refractivity contribution in [2.24, 2.45) is 0 Å². The molecule has 2 aromatic heterocycles. The van der Waals surface area contributed by atoms with Gasteiger partial charge in [0.1, 0.15) is 0 Å². The molecule has 0 unspecified atom stereocenters. The average Bonchev–Trinajstić information content (AvgIpc) is 2.86. The fourth-order valence-electron chi connectivity index (χ4n) is 1.87. The highest BCUT2D eigenvalue weighted by molar-refractivity contribution is 7.12. The zero-order valence-corrected chi connectivity index (χ0v) is 11.0. The van der Waals surface area contributed by atoms with Gasteiger partial charge in [-0.1, -0.05) is 6.07 Å². The molecule has 1 aliphatic rings. The fraction of sp³-hybridized carbons (Fsp3) is 0.308. The normalized spacial score (nSPS) is 14.8. The van der Waals surface area contributed by atoms with E-state index in [0.29, 0.717) is 6.04 Å². The van der Waals surface area contributed by atoms with E-state index in [1.54, 1.807) is 11.3 Å². The molecule has 3 rings (SSSR count). The lowest BCUT2D eigenvalue weighted by atomic mass is 10.3. The molecule has 2 nitrogen and oxygen atoms in total. The van der Waals surface area contributed by atoms with Crippen LogP contribution in [0.4, 0.5) is 0 Å². The zero-order valence-electron chi connectivity index (χ0n) is 9.33. The molecule has 2 aromatic rings. The van der Waals surface area contributed by atoms with E-state index in [4.69, 9.17) is 0 Å². The highest BCUT2D eigenvalue weighted by atomic mass is 32.1. The summed E-state index contributed by atoms with van der Waals surface area (Å²) < 4.78 is 0. The van der Waals surface area contributed by atoms with E-state index in [-0.39, 0.29) is 5.91 Å². The molecular weight excluding hydrogens is 250 g/mol. The summed E-state index contributed by atoms with van der Waals surface area (Å²) in [5.41, 5.74) is 1.24. The monoisotopic (exact) mass is 263 g/mol. The zero-order chi connectivity index (χ0) is 11.7. The Morgan fingerprint density at radius 3 is 2.82 bits per heavy atom. The Labute approximate surface area is 109 Å². The summed E-state index contributed by atoms with van der Waals surface area (Å²) in [6.07, 6.45) is 2.31. The molecule has 1 fully saturated rings. The van der Waals surface area contributed by atoms with Gasteiger partial charge in [-0.15, -0.1) is 11.3 Å². The molecule has 0 aromatic carbocycles. The Balaban J connectivity index is 1.78. The maximum Gasteiger partial charge on any atom is 0.264 e. The molecule has 0 N–H and O–H groups in total. The van der Waals surface area contributed by atoms with Crippen LogP contribution in [-0.4, -0.2) is 16.8 Å². The third-order valence-corrected chi connectivity index (χ3v) is 4.50. The molecule has 88 valence electrons. The van der Waals surface area contributed by atoms with E-state index >= 15 is 0 Å². The molecule has 1 amide bonds. The predicted octanol–water partition coefficient (Wildman–Crippen LogP) is 3.61. The largest absolute Gasteiger partial charge is 0.331 e. The van der Waals surface area contributed by atoms with Crippen molar-refractivity contribution in [2.75, 3.05) is 0 Å². The van der Waals surface area contributed by atoms with Crippen molar-refractivity contribution in [3.05, 3.63) is 44.8 Å². The molecule has 2 heterocycles. The quantitative estimate of drug-likeness (QED) is 0.825. The fourth-order valence-corrected chi connectivity index (χ4v) is 3.21. The van der Waals surface area contributed by atoms with Crippen LogP contribution in [0.3, 0.4) is 0 Å². The van der Waals surface area contributed by atoms with E-state index in [0.717, 1.165) is 24.3 Å². The third kappa shape index (κ3) is 2.42. The lowest BCUT2D eigenvalue weighted by Gasteiger charge is -2.21. The molecule has 0 aliphatic heterocycles. The molecule has 1 aliphatic carbocycles. The van der Waals surface area contributed by atoms with Crippen LogP contribution in [0.2, 0.25) is 0 Å². The van der Waals surface area contributed by atoms with Gasteiger partial charge < -0.3 is 4.90 Å². The number of carbonyl (C=O) groups is 1. The Morgan fingerprint density at radius 2 is 2.24 bits per heavy atom. The van der Waals surface area contributed by atoms with Crippen molar-refractivity contribution in [3.63, 3.8) is 0 Å². The van der Waals surface area contributed by atoms with Crippen LogP contribution < -0.4 is 0 Å². The number of hydrogen-bond donors (Lipinski definition) is 0. The van der Waals surface area contributed by atoms with Crippen molar-refractivity contribution in [1.29, 1.82) is 0 Å². The van der Waals surface area contributed by atoms with Gasteiger partial charge in [0.25, 0.3) is 5.91 Å².